The Bertz CT molecular complexity index is 951. The molecule has 0 bridgehead atoms. The van der Waals surface area contributed by atoms with Crippen molar-refractivity contribution in [2.24, 2.45) is 0 Å². The summed E-state index contributed by atoms with van der Waals surface area (Å²) < 4.78 is 36.4. The van der Waals surface area contributed by atoms with Gasteiger partial charge < -0.3 is 9.47 Å². The highest BCUT2D eigenvalue weighted by Gasteiger charge is 2.30. The van der Waals surface area contributed by atoms with Gasteiger partial charge in [-0.05, 0) is 35.9 Å². The number of rotatable bonds is 6. The van der Waals surface area contributed by atoms with Crippen LogP contribution in [0.1, 0.15) is 22.3 Å². The minimum atomic E-state index is -3.70. The summed E-state index contributed by atoms with van der Waals surface area (Å²) in [6, 6.07) is 14.7. The lowest BCUT2D eigenvalue weighted by Crippen LogP contribution is -2.22. The number of benzene rings is 2. The number of sulfonamides is 1. The highest BCUT2D eigenvalue weighted by molar-refractivity contribution is 7.95. The molecule has 1 aliphatic rings. The number of cyclic esters (lactones) is 1. The van der Waals surface area contributed by atoms with Crippen molar-refractivity contribution < 1.29 is 27.5 Å². The molecule has 2 aromatic carbocycles. The van der Waals surface area contributed by atoms with Gasteiger partial charge in [0.25, 0.3) is 10.0 Å². The average molecular weight is 387 g/mol. The van der Waals surface area contributed by atoms with Gasteiger partial charge in [-0.2, -0.15) is 0 Å². The zero-order valence-electron chi connectivity index (χ0n) is 14.2. The van der Waals surface area contributed by atoms with Gasteiger partial charge in [0.05, 0.1) is 17.6 Å². The standard InChI is InChI=1S/C19H17NO6S/c21-18(26-17-10-12-25-19(17)22)15-6-8-16(9-7-15)20-27(23,24)13-11-14-4-2-1-3-5-14/h1-9,11,13,17,20H,10,12H2/b13-11+/t17-/m1/s1. The number of hydrogen-bond donors (Lipinski definition) is 1. The molecule has 1 N–H and O–H groups in total. The van der Waals surface area contributed by atoms with Crippen molar-refractivity contribution in [3.63, 3.8) is 0 Å². The third-order valence-corrected chi connectivity index (χ3v) is 4.77. The van der Waals surface area contributed by atoms with E-state index in [4.69, 9.17) is 9.47 Å². The maximum Gasteiger partial charge on any atom is 0.347 e. The Labute approximate surface area is 156 Å². The maximum absolute atomic E-state index is 12.1. The first-order valence-electron chi connectivity index (χ1n) is 8.17. The minimum absolute atomic E-state index is 0.206. The number of carbonyl (C=O) groups excluding carboxylic acids is 2. The van der Waals surface area contributed by atoms with Crippen LogP contribution in [-0.4, -0.2) is 33.1 Å². The smallest absolute Gasteiger partial charge is 0.347 e. The third-order valence-electron chi connectivity index (χ3n) is 3.76. The zero-order chi connectivity index (χ0) is 19.3. The van der Waals surface area contributed by atoms with Crippen LogP contribution in [-0.2, 0) is 24.3 Å². The van der Waals surface area contributed by atoms with E-state index >= 15 is 0 Å². The molecule has 0 aromatic heterocycles. The van der Waals surface area contributed by atoms with Gasteiger partial charge >= 0.3 is 11.9 Å². The quantitative estimate of drug-likeness (QED) is 0.765. The summed E-state index contributed by atoms with van der Waals surface area (Å²) in [4.78, 5) is 23.4. The lowest BCUT2D eigenvalue weighted by molar-refractivity contribution is -0.145. The molecule has 0 saturated carbocycles. The second kappa shape index (κ2) is 8.05. The Morgan fingerprint density at radius 2 is 1.81 bits per heavy atom. The van der Waals surface area contributed by atoms with Crippen LogP contribution in [0.5, 0.6) is 0 Å². The molecule has 7 nitrogen and oxygen atoms in total. The first kappa shape index (κ1) is 18.7. The Morgan fingerprint density at radius 1 is 1.11 bits per heavy atom. The number of hydrogen-bond acceptors (Lipinski definition) is 6. The summed E-state index contributed by atoms with van der Waals surface area (Å²) in [5.41, 5.74) is 1.26. The van der Waals surface area contributed by atoms with E-state index in [1.54, 1.807) is 12.1 Å². The first-order valence-corrected chi connectivity index (χ1v) is 9.71. The fourth-order valence-corrected chi connectivity index (χ4v) is 3.26. The van der Waals surface area contributed by atoms with Crippen LogP contribution < -0.4 is 4.72 Å². The van der Waals surface area contributed by atoms with Crippen LogP contribution in [0.25, 0.3) is 6.08 Å². The number of ether oxygens (including phenoxy) is 2. The number of carbonyl (C=O) groups is 2. The van der Waals surface area contributed by atoms with Crippen LogP contribution in [0.2, 0.25) is 0 Å². The molecule has 1 heterocycles. The van der Waals surface area contributed by atoms with Gasteiger partial charge in [0.1, 0.15) is 0 Å². The summed E-state index contributed by atoms with van der Waals surface area (Å²) in [5.74, 6) is -1.23. The van der Waals surface area contributed by atoms with Crippen LogP contribution in [0.3, 0.4) is 0 Å². The fraction of sp³-hybridized carbons (Fsp3) is 0.158. The average Bonchev–Trinajstić information content (AvgIpc) is 3.06. The molecule has 2 aromatic rings. The van der Waals surface area contributed by atoms with Crippen molar-refractivity contribution in [3.05, 3.63) is 71.1 Å². The number of esters is 2. The molecule has 1 atom stereocenters. The first-order chi connectivity index (χ1) is 12.9. The van der Waals surface area contributed by atoms with Crippen LogP contribution in [0, 0.1) is 0 Å². The number of nitrogens with one attached hydrogen (secondary N) is 1. The van der Waals surface area contributed by atoms with E-state index in [9.17, 15) is 18.0 Å². The minimum Gasteiger partial charge on any atom is -0.463 e. The molecule has 0 aliphatic carbocycles. The van der Waals surface area contributed by atoms with Crippen molar-refractivity contribution in [1.29, 1.82) is 0 Å². The van der Waals surface area contributed by atoms with Gasteiger partial charge in [-0.25, -0.2) is 18.0 Å². The molecule has 1 fully saturated rings. The molecule has 1 saturated heterocycles. The predicted molar refractivity (Wildman–Crippen MR) is 99.2 cm³/mol. The highest BCUT2D eigenvalue weighted by atomic mass is 32.2. The van der Waals surface area contributed by atoms with Crippen molar-refractivity contribution in [2.45, 2.75) is 12.5 Å². The monoisotopic (exact) mass is 387 g/mol. The lowest BCUT2D eigenvalue weighted by Gasteiger charge is -2.09. The zero-order valence-corrected chi connectivity index (χ0v) is 15.0. The molecule has 27 heavy (non-hydrogen) atoms. The van der Waals surface area contributed by atoms with Crippen molar-refractivity contribution in [2.75, 3.05) is 11.3 Å². The van der Waals surface area contributed by atoms with E-state index < -0.39 is 28.1 Å². The van der Waals surface area contributed by atoms with Crippen molar-refractivity contribution in [3.8, 4) is 0 Å². The molecule has 140 valence electrons. The Hall–Kier alpha value is -3.13. The van der Waals surface area contributed by atoms with Gasteiger partial charge in [-0.1, -0.05) is 30.3 Å². The molecular weight excluding hydrogens is 370 g/mol. The van der Waals surface area contributed by atoms with Gasteiger partial charge in [-0.3, -0.25) is 4.72 Å². The van der Waals surface area contributed by atoms with Crippen LogP contribution >= 0.6 is 0 Å². The summed E-state index contributed by atoms with van der Waals surface area (Å²) in [6.07, 6.45) is 0.920. The van der Waals surface area contributed by atoms with E-state index in [0.29, 0.717) is 12.1 Å². The van der Waals surface area contributed by atoms with Gasteiger partial charge in [0, 0.05) is 12.1 Å². The summed E-state index contributed by atoms with van der Waals surface area (Å²) in [6.45, 7) is 0.230. The van der Waals surface area contributed by atoms with Gasteiger partial charge in [-0.15, -0.1) is 0 Å². The molecule has 0 unspecified atom stereocenters. The van der Waals surface area contributed by atoms with E-state index in [1.165, 1.54) is 30.3 Å². The van der Waals surface area contributed by atoms with Gasteiger partial charge in [0.2, 0.25) is 6.10 Å². The molecule has 0 spiro atoms. The molecule has 1 aliphatic heterocycles. The largest absolute Gasteiger partial charge is 0.463 e. The summed E-state index contributed by atoms with van der Waals surface area (Å²) >= 11 is 0. The Kier molecular flexibility index (Phi) is 5.56. The molecule has 0 radical (unpaired) electrons. The molecule has 0 amide bonds. The highest BCUT2D eigenvalue weighted by Crippen LogP contribution is 2.16. The second-order valence-electron chi connectivity index (χ2n) is 5.79. The van der Waals surface area contributed by atoms with E-state index in [2.05, 4.69) is 4.72 Å². The van der Waals surface area contributed by atoms with E-state index in [-0.39, 0.29) is 12.2 Å². The Morgan fingerprint density at radius 3 is 2.44 bits per heavy atom. The third kappa shape index (κ3) is 5.18. The van der Waals surface area contributed by atoms with Gasteiger partial charge in [0.15, 0.2) is 0 Å². The number of anilines is 1. The summed E-state index contributed by atoms with van der Waals surface area (Å²) in [7, 11) is -3.70. The van der Waals surface area contributed by atoms with Crippen molar-refractivity contribution in [1.82, 2.24) is 0 Å². The normalized spacial score (nSPS) is 16.9. The topological polar surface area (TPSA) is 98.8 Å². The molecule has 8 heteroatoms. The fourth-order valence-electron chi connectivity index (χ4n) is 2.39. The Balaban J connectivity index is 1.62. The van der Waals surface area contributed by atoms with Crippen molar-refractivity contribution >= 4 is 33.7 Å². The van der Waals surface area contributed by atoms with Crippen LogP contribution in [0.15, 0.2) is 60.0 Å². The molecule has 3 rings (SSSR count). The SMILES string of the molecule is O=C(O[C@@H]1CCOC1=O)c1ccc(NS(=O)(=O)/C=C/c2ccccc2)cc1. The maximum atomic E-state index is 12.1. The van der Waals surface area contributed by atoms with E-state index in [1.807, 2.05) is 18.2 Å². The molecular formula is C19H17NO6S. The predicted octanol–water partition coefficient (Wildman–Crippen LogP) is 2.57. The van der Waals surface area contributed by atoms with E-state index in [0.717, 1.165) is 11.0 Å². The van der Waals surface area contributed by atoms with Crippen LogP contribution in [0.4, 0.5) is 5.69 Å². The summed E-state index contributed by atoms with van der Waals surface area (Å²) in [5, 5.41) is 1.07. The lowest BCUT2D eigenvalue weighted by atomic mass is 10.2. The second-order valence-corrected chi connectivity index (χ2v) is 7.35.